The third-order valence-electron chi connectivity index (χ3n) is 4.92. The van der Waals surface area contributed by atoms with Crippen molar-refractivity contribution in [1.29, 1.82) is 0 Å². The summed E-state index contributed by atoms with van der Waals surface area (Å²) in [4.78, 5) is 11.8. The molecule has 0 aliphatic rings. The molecule has 2 aromatic carbocycles. The van der Waals surface area contributed by atoms with Crippen LogP contribution in [-0.2, 0) is 0 Å². The molecule has 6 heteroatoms. The summed E-state index contributed by atoms with van der Waals surface area (Å²) in [6.07, 6.45) is 4.05. The van der Waals surface area contributed by atoms with E-state index >= 15 is 0 Å². The summed E-state index contributed by atoms with van der Waals surface area (Å²) < 4.78 is 1.87. The van der Waals surface area contributed by atoms with Gasteiger partial charge in [0.05, 0.1) is 17.3 Å². The average molecular weight is 387 g/mol. The molecule has 0 aliphatic heterocycles. The van der Waals surface area contributed by atoms with Gasteiger partial charge in [0.15, 0.2) is 5.65 Å². The van der Waals surface area contributed by atoms with Crippen LogP contribution >= 0.6 is 0 Å². The van der Waals surface area contributed by atoms with E-state index in [1.807, 2.05) is 48.3 Å². The Morgan fingerprint density at radius 1 is 1.00 bits per heavy atom. The third-order valence-corrected chi connectivity index (χ3v) is 4.92. The first-order valence-electron chi connectivity index (χ1n) is 10.0. The van der Waals surface area contributed by atoms with E-state index in [-0.39, 0.29) is 0 Å². The zero-order valence-corrected chi connectivity index (χ0v) is 17.1. The van der Waals surface area contributed by atoms with Gasteiger partial charge in [0.25, 0.3) is 0 Å². The zero-order chi connectivity index (χ0) is 20.2. The summed E-state index contributed by atoms with van der Waals surface area (Å²) in [7, 11) is 2.04. The van der Waals surface area contributed by atoms with E-state index in [4.69, 9.17) is 9.97 Å². The van der Waals surface area contributed by atoms with Crippen molar-refractivity contribution in [3.63, 3.8) is 0 Å². The van der Waals surface area contributed by atoms with Crippen LogP contribution in [-0.4, -0.2) is 33.3 Å². The molecule has 4 rings (SSSR count). The third kappa shape index (κ3) is 4.06. The Kier molecular flexibility index (Phi) is 5.42. The molecule has 0 atom stereocenters. The molecule has 6 nitrogen and oxygen atoms in total. The van der Waals surface area contributed by atoms with E-state index in [0.717, 1.165) is 47.6 Å². The average Bonchev–Trinajstić information content (AvgIpc) is 3.18. The molecule has 0 aliphatic carbocycles. The Labute approximate surface area is 171 Å². The van der Waals surface area contributed by atoms with Crippen LogP contribution in [0.2, 0.25) is 0 Å². The van der Waals surface area contributed by atoms with Crippen molar-refractivity contribution >= 4 is 28.5 Å². The lowest BCUT2D eigenvalue weighted by atomic mass is 10.2. The standard InChI is InChI=1S/C23H26N6/c1-4-5-15-28(3)23-26-21(25-18-13-11-17(2)12-14-18)20-16-24-29(22(20)27-23)19-9-7-6-8-10-19/h6-14,16H,4-5,15H2,1-3H3,(H,25,26,27). The topological polar surface area (TPSA) is 58.9 Å². The molecule has 0 bridgehead atoms. The predicted molar refractivity (Wildman–Crippen MR) is 119 cm³/mol. The maximum absolute atomic E-state index is 4.86. The molecule has 0 spiro atoms. The first kappa shape index (κ1) is 18.9. The molecule has 2 aromatic heterocycles. The van der Waals surface area contributed by atoms with E-state index in [0.29, 0.717) is 5.95 Å². The Morgan fingerprint density at radius 3 is 2.48 bits per heavy atom. The monoisotopic (exact) mass is 386 g/mol. The molecule has 0 unspecified atom stereocenters. The lowest BCUT2D eigenvalue weighted by Crippen LogP contribution is -2.21. The molecule has 0 saturated heterocycles. The van der Waals surface area contributed by atoms with E-state index in [9.17, 15) is 0 Å². The van der Waals surface area contributed by atoms with Gasteiger partial charge in [0.2, 0.25) is 5.95 Å². The van der Waals surface area contributed by atoms with Crippen LogP contribution < -0.4 is 10.2 Å². The van der Waals surface area contributed by atoms with Gasteiger partial charge in [0.1, 0.15) is 5.82 Å². The minimum atomic E-state index is 0.693. The highest BCUT2D eigenvalue weighted by Gasteiger charge is 2.16. The first-order chi connectivity index (χ1) is 14.2. The summed E-state index contributed by atoms with van der Waals surface area (Å²) in [5.41, 5.74) is 3.98. The molecule has 0 amide bonds. The Balaban J connectivity index is 1.82. The molecule has 29 heavy (non-hydrogen) atoms. The summed E-state index contributed by atoms with van der Waals surface area (Å²) in [6, 6.07) is 18.4. The van der Waals surface area contributed by atoms with Gasteiger partial charge in [-0.05, 0) is 37.6 Å². The van der Waals surface area contributed by atoms with Gasteiger partial charge in [-0.3, -0.25) is 0 Å². The summed E-state index contributed by atoms with van der Waals surface area (Å²) in [5, 5.41) is 8.95. The predicted octanol–water partition coefficient (Wildman–Crippen LogP) is 5.10. The lowest BCUT2D eigenvalue weighted by molar-refractivity contribution is 0.750. The minimum Gasteiger partial charge on any atom is -0.344 e. The molecule has 1 N–H and O–H groups in total. The highest BCUT2D eigenvalue weighted by atomic mass is 15.3. The van der Waals surface area contributed by atoms with Crippen molar-refractivity contribution in [2.75, 3.05) is 23.8 Å². The van der Waals surface area contributed by atoms with E-state index < -0.39 is 0 Å². The van der Waals surface area contributed by atoms with E-state index in [1.54, 1.807) is 0 Å². The fraction of sp³-hybridized carbons (Fsp3) is 0.261. The Hall–Kier alpha value is -3.41. The number of nitrogens with one attached hydrogen (secondary N) is 1. The fourth-order valence-electron chi connectivity index (χ4n) is 3.19. The van der Waals surface area contributed by atoms with Crippen LogP contribution in [0.25, 0.3) is 16.7 Å². The number of rotatable bonds is 7. The van der Waals surface area contributed by atoms with E-state index in [2.05, 4.69) is 53.4 Å². The number of fused-ring (bicyclic) bond motifs is 1. The quantitative estimate of drug-likeness (QED) is 0.479. The molecule has 0 saturated carbocycles. The van der Waals surface area contributed by atoms with E-state index in [1.165, 1.54) is 5.56 Å². The highest BCUT2D eigenvalue weighted by Crippen LogP contribution is 2.28. The van der Waals surface area contributed by atoms with Gasteiger partial charge in [-0.15, -0.1) is 0 Å². The number of aryl methyl sites for hydroxylation is 1. The van der Waals surface area contributed by atoms with Crippen LogP contribution in [0.1, 0.15) is 25.3 Å². The van der Waals surface area contributed by atoms with Crippen LogP contribution in [0.4, 0.5) is 17.5 Å². The van der Waals surface area contributed by atoms with Gasteiger partial charge >= 0.3 is 0 Å². The number of aromatic nitrogens is 4. The van der Waals surface area contributed by atoms with Crippen molar-refractivity contribution in [2.45, 2.75) is 26.7 Å². The minimum absolute atomic E-state index is 0.693. The smallest absolute Gasteiger partial charge is 0.229 e. The van der Waals surface area contributed by atoms with Gasteiger partial charge in [-0.1, -0.05) is 49.2 Å². The first-order valence-corrected chi connectivity index (χ1v) is 10.0. The Bertz CT molecular complexity index is 1090. The van der Waals surface area contributed by atoms with Crippen molar-refractivity contribution < 1.29 is 0 Å². The SMILES string of the molecule is CCCCN(C)c1nc(Nc2ccc(C)cc2)c2cnn(-c3ccccc3)c2n1. The highest BCUT2D eigenvalue weighted by molar-refractivity contribution is 5.90. The number of hydrogen-bond donors (Lipinski definition) is 1. The number of anilines is 3. The molecular weight excluding hydrogens is 360 g/mol. The lowest BCUT2D eigenvalue weighted by Gasteiger charge is -2.18. The fourth-order valence-corrected chi connectivity index (χ4v) is 3.19. The van der Waals surface area contributed by atoms with Gasteiger partial charge < -0.3 is 10.2 Å². The summed E-state index contributed by atoms with van der Waals surface area (Å²) in [5.74, 6) is 1.46. The van der Waals surface area contributed by atoms with Gasteiger partial charge in [-0.2, -0.15) is 15.1 Å². The Morgan fingerprint density at radius 2 is 1.76 bits per heavy atom. The zero-order valence-electron chi connectivity index (χ0n) is 17.1. The number of para-hydroxylation sites is 1. The summed E-state index contributed by atoms with van der Waals surface area (Å²) >= 11 is 0. The number of unbranched alkanes of at least 4 members (excludes halogenated alkanes) is 1. The van der Waals surface area contributed by atoms with Gasteiger partial charge in [0, 0.05) is 19.3 Å². The molecular formula is C23H26N6. The van der Waals surface area contributed by atoms with Gasteiger partial charge in [-0.25, -0.2) is 4.68 Å². The number of nitrogens with zero attached hydrogens (tertiary/aromatic N) is 5. The van der Waals surface area contributed by atoms with Crippen molar-refractivity contribution in [2.24, 2.45) is 0 Å². The van der Waals surface area contributed by atoms with Crippen molar-refractivity contribution in [3.05, 3.63) is 66.4 Å². The molecule has 2 heterocycles. The maximum Gasteiger partial charge on any atom is 0.229 e. The second-order valence-corrected chi connectivity index (χ2v) is 7.27. The second kappa shape index (κ2) is 8.31. The van der Waals surface area contributed by atoms with Crippen molar-refractivity contribution in [1.82, 2.24) is 19.7 Å². The number of hydrogen-bond acceptors (Lipinski definition) is 5. The molecule has 0 fully saturated rings. The van der Waals surface area contributed by atoms with Crippen LogP contribution in [0.3, 0.4) is 0 Å². The van der Waals surface area contributed by atoms with Crippen LogP contribution in [0, 0.1) is 6.92 Å². The normalized spacial score (nSPS) is 11.0. The van der Waals surface area contributed by atoms with Crippen molar-refractivity contribution in [3.8, 4) is 5.69 Å². The number of benzene rings is 2. The summed E-state index contributed by atoms with van der Waals surface area (Å²) in [6.45, 7) is 5.18. The molecule has 0 radical (unpaired) electrons. The largest absolute Gasteiger partial charge is 0.344 e. The molecule has 4 aromatic rings. The maximum atomic E-state index is 4.86. The molecule has 148 valence electrons. The van der Waals surface area contributed by atoms with Crippen LogP contribution in [0.5, 0.6) is 0 Å². The second-order valence-electron chi connectivity index (χ2n) is 7.27. The van der Waals surface area contributed by atoms with Crippen LogP contribution in [0.15, 0.2) is 60.8 Å².